The molecule has 49 heavy (non-hydrogen) atoms. The summed E-state index contributed by atoms with van der Waals surface area (Å²) in [5.41, 5.74) is 2.48. The van der Waals surface area contributed by atoms with Gasteiger partial charge in [0.05, 0.1) is 35.3 Å². The summed E-state index contributed by atoms with van der Waals surface area (Å²) in [4.78, 5) is 38.0. The van der Waals surface area contributed by atoms with Gasteiger partial charge in [-0.3, -0.25) is 14.9 Å². The summed E-state index contributed by atoms with van der Waals surface area (Å²) in [6, 6.07) is 12.6. The van der Waals surface area contributed by atoms with Crippen LogP contribution in [0.5, 0.6) is 0 Å². The van der Waals surface area contributed by atoms with Gasteiger partial charge in [-0.25, -0.2) is 22.6 Å². The van der Waals surface area contributed by atoms with Gasteiger partial charge < -0.3 is 10.1 Å². The van der Waals surface area contributed by atoms with Crippen LogP contribution < -0.4 is 16.2 Å². The average Bonchev–Trinajstić information content (AvgIpc) is 3.83. The number of hydrogen-bond donors (Lipinski definition) is 3. The Balaban J connectivity index is 1.27. The van der Waals surface area contributed by atoms with Crippen molar-refractivity contribution in [3.05, 3.63) is 87.6 Å². The van der Waals surface area contributed by atoms with E-state index in [4.69, 9.17) is 11.6 Å². The molecular formula is C32H34ClN9O6S. The van der Waals surface area contributed by atoms with Crippen LogP contribution in [0.25, 0.3) is 22.9 Å². The molecule has 0 radical (unpaired) electrons. The molecule has 0 spiro atoms. The van der Waals surface area contributed by atoms with Gasteiger partial charge in [-0.2, -0.15) is 9.78 Å². The molecule has 17 heteroatoms. The highest BCUT2D eigenvalue weighted by Crippen LogP contribution is 2.35. The molecule has 1 saturated carbocycles. The Bertz CT molecular complexity index is 2020. The predicted molar refractivity (Wildman–Crippen MR) is 181 cm³/mol. The maximum absolute atomic E-state index is 13.5. The molecule has 1 unspecified atom stereocenters. The maximum Gasteiger partial charge on any atom is 0.411 e. The first-order valence-corrected chi connectivity index (χ1v) is 17.5. The van der Waals surface area contributed by atoms with E-state index in [1.165, 1.54) is 24.2 Å². The molecule has 2 fully saturated rings. The Morgan fingerprint density at radius 1 is 1.14 bits per heavy atom. The Morgan fingerprint density at radius 2 is 1.94 bits per heavy atom. The number of nitrogens with zero attached hydrogens (tertiary/aromatic N) is 6. The Labute approximate surface area is 286 Å². The smallest absolute Gasteiger partial charge is 0.411 e. The molecule has 256 valence electrons. The van der Waals surface area contributed by atoms with E-state index in [1.807, 2.05) is 0 Å². The Kier molecular flexibility index (Phi) is 10.2. The first-order valence-electron chi connectivity index (χ1n) is 15.7. The number of nitrogens with one attached hydrogen (secondary N) is 3. The molecule has 2 aromatic heterocycles. The molecule has 1 saturated heterocycles. The van der Waals surface area contributed by atoms with E-state index in [2.05, 4.69) is 41.1 Å². The van der Waals surface area contributed by atoms with Gasteiger partial charge in [0.25, 0.3) is 5.56 Å². The van der Waals surface area contributed by atoms with Gasteiger partial charge >= 0.3 is 6.09 Å². The van der Waals surface area contributed by atoms with E-state index in [0.717, 1.165) is 6.42 Å². The molecular weight excluding hydrogens is 674 g/mol. The fourth-order valence-corrected chi connectivity index (χ4v) is 7.99. The number of amides is 2. The number of tetrazole rings is 1. The van der Waals surface area contributed by atoms with E-state index in [0.29, 0.717) is 77.6 Å². The number of methoxy groups -OCH3 is 1. The zero-order valence-corrected chi connectivity index (χ0v) is 28.0. The number of carbonyl (C=O) groups excluding carboxylic acids is 2. The molecule has 2 amide bonds. The lowest BCUT2D eigenvalue weighted by atomic mass is 9.90. The van der Waals surface area contributed by atoms with Crippen LogP contribution in [0.15, 0.2) is 65.7 Å². The number of halogens is 1. The van der Waals surface area contributed by atoms with Crippen molar-refractivity contribution in [3.63, 3.8) is 0 Å². The van der Waals surface area contributed by atoms with E-state index < -0.39 is 33.6 Å². The molecule has 4 aromatic rings. The highest BCUT2D eigenvalue weighted by molar-refractivity contribution is 7.90. The monoisotopic (exact) mass is 707 g/mol. The minimum Gasteiger partial charge on any atom is -0.453 e. The fraction of sp³-hybridized carbons (Fsp3) is 0.344. The molecule has 3 N–H and O–H groups in total. The Hall–Kier alpha value is -4.93. The van der Waals surface area contributed by atoms with Crippen LogP contribution in [0.2, 0.25) is 5.02 Å². The third-order valence-electron chi connectivity index (χ3n) is 8.48. The van der Waals surface area contributed by atoms with Crippen molar-refractivity contribution in [2.75, 3.05) is 25.5 Å². The minimum atomic E-state index is -3.36. The third kappa shape index (κ3) is 8.21. The van der Waals surface area contributed by atoms with E-state index in [-0.39, 0.29) is 11.2 Å². The van der Waals surface area contributed by atoms with Crippen LogP contribution in [0, 0.1) is 5.92 Å². The van der Waals surface area contributed by atoms with Gasteiger partial charge in [0.1, 0.15) is 6.33 Å². The highest BCUT2D eigenvalue weighted by atomic mass is 35.5. The van der Waals surface area contributed by atoms with Crippen LogP contribution >= 0.6 is 11.6 Å². The number of piperidine rings is 1. The van der Waals surface area contributed by atoms with Crippen LogP contribution in [0.1, 0.15) is 49.4 Å². The van der Waals surface area contributed by atoms with E-state index >= 15 is 0 Å². The first-order chi connectivity index (χ1) is 23.6. The third-order valence-corrected chi connectivity index (χ3v) is 11.1. The number of sulfonamides is 1. The molecule has 1 aliphatic carbocycles. The van der Waals surface area contributed by atoms with Crippen molar-refractivity contribution < 1.29 is 22.7 Å². The molecule has 2 atom stereocenters. The van der Waals surface area contributed by atoms with Crippen molar-refractivity contribution in [1.82, 2.24) is 40.0 Å². The summed E-state index contributed by atoms with van der Waals surface area (Å²) in [5, 5.41) is 23.9. The number of H-pyrrole nitrogens is 1. The number of hydrogen-bond acceptors (Lipinski definition) is 10. The molecule has 2 aromatic carbocycles. The van der Waals surface area contributed by atoms with E-state index in [1.54, 1.807) is 58.9 Å². The number of carbonyl (C=O) groups is 2. The van der Waals surface area contributed by atoms with Crippen LogP contribution in [-0.4, -0.2) is 80.6 Å². The summed E-state index contributed by atoms with van der Waals surface area (Å²) < 4.78 is 33.8. The molecule has 15 nitrogen and oxygen atoms in total. The van der Waals surface area contributed by atoms with Crippen LogP contribution in [0.4, 0.5) is 10.5 Å². The second-order valence-electron chi connectivity index (χ2n) is 11.9. The minimum absolute atomic E-state index is 0.0724. The topological polar surface area (TPSA) is 194 Å². The van der Waals surface area contributed by atoms with Crippen molar-refractivity contribution in [2.24, 2.45) is 5.92 Å². The number of ether oxygens (including phenoxy) is 1. The van der Waals surface area contributed by atoms with Gasteiger partial charge in [-0.15, -0.1) is 5.10 Å². The largest absolute Gasteiger partial charge is 0.453 e. The first kappa shape index (κ1) is 34.0. The molecule has 3 heterocycles. The van der Waals surface area contributed by atoms with Gasteiger partial charge in [-0.05, 0) is 96.5 Å². The molecule has 2 aliphatic rings. The summed E-state index contributed by atoms with van der Waals surface area (Å²) in [7, 11) is -2.10. The number of aromatic nitrogens is 6. The maximum atomic E-state index is 13.5. The summed E-state index contributed by atoms with van der Waals surface area (Å²) in [5.74, 6) is -0.518. The number of benzene rings is 2. The fourth-order valence-electron chi connectivity index (χ4n) is 5.85. The van der Waals surface area contributed by atoms with E-state index in [9.17, 15) is 22.8 Å². The van der Waals surface area contributed by atoms with Gasteiger partial charge in [-0.1, -0.05) is 23.7 Å². The van der Waals surface area contributed by atoms with Crippen molar-refractivity contribution >= 4 is 45.4 Å². The highest BCUT2D eigenvalue weighted by Gasteiger charge is 2.42. The SMILES string of the molecule is COC(=O)Nc1ccc(-c2cc([C@H](CC3CCCN(S(=O)(=O)C4CC4)C3)NC(=O)C=Cc3cc(Cl)ccc3-n3cnnn3)n[nH]c2=O)cc1. The average molecular weight is 708 g/mol. The predicted octanol–water partition coefficient (Wildman–Crippen LogP) is 3.71. The molecule has 1 aliphatic heterocycles. The summed E-state index contributed by atoms with van der Waals surface area (Å²) in [6.07, 6.45) is 6.95. The second-order valence-corrected chi connectivity index (χ2v) is 14.6. The lowest BCUT2D eigenvalue weighted by molar-refractivity contribution is -0.117. The normalized spacial score (nSPS) is 17.5. The molecule has 0 bridgehead atoms. The number of anilines is 1. The standard InChI is InChI=1S/C32H34ClN9O6S/c1-48-32(45)35-24-8-4-21(5-9-24)26-17-28(37-38-31(26)44)27(15-20-3-2-14-41(18-20)49(46,47)25-10-11-25)36-30(43)13-6-22-16-23(33)7-12-29(22)42-19-34-39-40-42/h4-9,12-13,16-17,19-20,25,27H,2-3,10-11,14-15,18H2,1H3,(H,35,45)(H,36,43)(H,38,44)/t20?,27-/m0/s1. The van der Waals surface area contributed by atoms with Gasteiger partial charge in [0.2, 0.25) is 15.9 Å². The van der Waals surface area contributed by atoms with Gasteiger partial charge in [0.15, 0.2) is 0 Å². The number of aromatic amines is 1. The zero-order chi connectivity index (χ0) is 34.5. The second kappa shape index (κ2) is 14.7. The number of rotatable bonds is 11. The van der Waals surface area contributed by atoms with Gasteiger partial charge in [0, 0.05) is 35.4 Å². The van der Waals surface area contributed by atoms with Crippen molar-refractivity contribution in [2.45, 2.75) is 43.4 Å². The van der Waals surface area contributed by atoms with Crippen LogP contribution in [-0.2, 0) is 19.6 Å². The zero-order valence-electron chi connectivity index (χ0n) is 26.5. The van der Waals surface area contributed by atoms with Crippen molar-refractivity contribution in [3.8, 4) is 16.8 Å². The van der Waals surface area contributed by atoms with Crippen LogP contribution in [0.3, 0.4) is 0 Å². The lowest BCUT2D eigenvalue weighted by Gasteiger charge is -2.33. The Morgan fingerprint density at radius 3 is 2.65 bits per heavy atom. The lowest BCUT2D eigenvalue weighted by Crippen LogP contribution is -2.42. The molecule has 6 rings (SSSR count). The van der Waals surface area contributed by atoms with Crippen molar-refractivity contribution in [1.29, 1.82) is 0 Å². The quantitative estimate of drug-likeness (QED) is 0.194. The summed E-state index contributed by atoms with van der Waals surface area (Å²) >= 11 is 6.25. The summed E-state index contributed by atoms with van der Waals surface area (Å²) in [6.45, 7) is 0.809.